The first kappa shape index (κ1) is 34.1. The second-order valence-electron chi connectivity index (χ2n) is 13.9. The van der Waals surface area contributed by atoms with Crippen LogP contribution in [-0.4, -0.2) is 54.7 Å². The van der Waals surface area contributed by atoms with Gasteiger partial charge in [-0.2, -0.15) is 11.3 Å². The molecule has 2 aliphatic carbocycles. The number of carbonyl (C=O) groups excluding carboxylic acids is 2. The monoisotopic (exact) mass is 666 g/mol. The number of aromatic nitrogens is 1. The molecule has 2 saturated carbocycles. The predicted molar refractivity (Wildman–Crippen MR) is 184 cm³/mol. The lowest BCUT2D eigenvalue weighted by atomic mass is 9.71. The molecule has 0 aliphatic heterocycles. The van der Waals surface area contributed by atoms with E-state index in [1.165, 1.54) is 10.6 Å². The van der Waals surface area contributed by atoms with E-state index in [0.717, 1.165) is 78.5 Å². The van der Waals surface area contributed by atoms with E-state index in [2.05, 4.69) is 52.6 Å². The summed E-state index contributed by atoms with van der Waals surface area (Å²) in [6.45, 7) is 7.66. The number of alkyl carbamates (subject to hydrolysis) is 1. The highest BCUT2D eigenvalue weighted by atomic mass is 32.2. The molecule has 2 heterocycles. The van der Waals surface area contributed by atoms with Crippen LogP contribution in [0.1, 0.15) is 83.3 Å². The Morgan fingerprint density at radius 1 is 1.07 bits per heavy atom. The average molecular weight is 667 g/mol. The van der Waals surface area contributed by atoms with Gasteiger partial charge >= 0.3 is 6.09 Å². The molecule has 0 radical (unpaired) electrons. The summed E-state index contributed by atoms with van der Waals surface area (Å²) < 4.78 is 30.9. The van der Waals surface area contributed by atoms with E-state index in [0.29, 0.717) is 12.1 Å². The molecule has 9 nitrogen and oxygen atoms in total. The Kier molecular flexibility index (Phi) is 9.96. The van der Waals surface area contributed by atoms with Crippen molar-refractivity contribution in [2.24, 2.45) is 5.92 Å². The van der Waals surface area contributed by atoms with Crippen LogP contribution in [0, 0.1) is 12.8 Å². The van der Waals surface area contributed by atoms with Crippen LogP contribution in [0.3, 0.4) is 0 Å². The molecule has 0 unspecified atom stereocenters. The molecule has 248 valence electrons. The van der Waals surface area contributed by atoms with Gasteiger partial charge in [-0.3, -0.25) is 9.78 Å². The first-order chi connectivity index (χ1) is 21.6. The Morgan fingerprint density at radius 3 is 2.28 bits per heavy atom. The van der Waals surface area contributed by atoms with E-state index < -0.39 is 27.3 Å². The summed E-state index contributed by atoms with van der Waals surface area (Å²) in [5.74, 6) is 0.160. The SMILES string of the molecule is Cc1cscc1-c1cc(NC(=O)CC2CCC(N(C)S(C)(=O)=O)CC2)cnc1-c1ccc(C2(NC(=O)OC(C)(C)C)CCC2)cc1. The maximum absolute atomic E-state index is 13.1. The van der Waals surface area contributed by atoms with Crippen molar-refractivity contribution in [2.45, 2.75) is 96.2 Å². The molecule has 0 bridgehead atoms. The minimum absolute atomic E-state index is 0.00276. The quantitative estimate of drug-likeness (QED) is 0.245. The summed E-state index contributed by atoms with van der Waals surface area (Å²) in [6.07, 6.45) is 8.85. The third kappa shape index (κ3) is 7.98. The fourth-order valence-corrected chi connectivity index (χ4v) is 8.13. The minimum Gasteiger partial charge on any atom is -0.444 e. The number of anilines is 1. The van der Waals surface area contributed by atoms with Crippen LogP contribution in [0.5, 0.6) is 0 Å². The third-order valence-corrected chi connectivity index (χ3v) is 11.5. The van der Waals surface area contributed by atoms with Crippen molar-refractivity contribution in [1.29, 1.82) is 0 Å². The summed E-state index contributed by atoms with van der Waals surface area (Å²) in [7, 11) is -1.58. The highest BCUT2D eigenvalue weighted by molar-refractivity contribution is 7.88. The van der Waals surface area contributed by atoms with Crippen molar-refractivity contribution in [3.05, 3.63) is 58.4 Å². The molecule has 2 amide bonds. The number of pyridine rings is 1. The van der Waals surface area contributed by atoms with E-state index >= 15 is 0 Å². The number of rotatable bonds is 9. The Hall–Kier alpha value is -3.28. The fourth-order valence-electron chi connectivity index (χ4n) is 6.52. The van der Waals surface area contributed by atoms with Crippen molar-refractivity contribution in [3.63, 3.8) is 0 Å². The molecule has 2 aromatic heterocycles. The summed E-state index contributed by atoms with van der Waals surface area (Å²) >= 11 is 1.63. The van der Waals surface area contributed by atoms with Crippen molar-refractivity contribution in [2.75, 3.05) is 18.6 Å². The average Bonchev–Trinajstić information content (AvgIpc) is 3.39. The van der Waals surface area contributed by atoms with Crippen LogP contribution < -0.4 is 10.6 Å². The molecular formula is C35H46N4O5S2. The molecule has 1 aromatic carbocycles. The second-order valence-corrected chi connectivity index (χ2v) is 16.7. The van der Waals surface area contributed by atoms with Gasteiger partial charge in [0.05, 0.1) is 29.4 Å². The Balaban J connectivity index is 1.30. The van der Waals surface area contributed by atoms with Gasteiger partial charge in [0.15, 0.2) is 0 Å². The van der Waals surface area contributed by atoms with Gasteiger partial charge in [-0.05, 0) is 112 Å². The van der Waals surface area contributed by atoms with Gasteiger partial charge in [-0.1, -0.05) is 24.3 Å². The summed E-state index contributed by atoms with van der Waals surface area (Å²) in [5.41, 5.74) is 5.62. The van der Waals surface area contributed by atoms with Crippen molar-refractivity contribution in [1.82, 2.24) is 14.6 Å². The standard InChI is InChI=1S/C35H46N4O5S2/c1-23-21-45-22-30(23)29-19-27(37-31(40)18-24-8-14-28(15-9-24)39(5)46(6,42)43)20-36-32(29)25-10-12-26(13-11-25)35(16-7-17-35)38-33(41)44-34(2,3)4/h10-13,19-22,24,28H,7-9,14-18H2,1-6H3,(H,37,40)(H,38,41). The second kappa shape index (κ2) is 13.4. The zero-order valence-electron chi connectivity index (χ0n) is 27.7. The summed E-state index contributed by atoms with van der Waals surface area (Å²) in [4.78, 5) is 30.6. The fraction of sp³-hybridized carbons (Fsp3) is 0.514. The van der Waals surface area contributed by atoms with Crippen molar-refractivity contribution >= 4 is 39.0 Å². The van der Waals surface area contributed by atoms with Crippen LogP contribution in [0.4, 0.5) is 10.5 Å². The lowest BCUT2D eigenvalue weighted by Gasteiger charge is -2.43. The molecule has 2 N–H and O–H groups in total. The van der Waals surface area contributed by atoms with E-state index in [-0.39, 0.29) is 17.9 Å². The third-order valence-electron chi connectivity index (χ3n) is 9.30. The zero-order chi connectivity index (χ0) is 33.3. The molecular weight excluding hydrogens is 621 g/mol. The van der Waals surface area contributed by atoms with Crippen LogP contribution in [0.15, 0.2) is 47.3 Å². The van der Waals surface area contributed by atoms with Gasteiger partial charge in [0, 0.05) is 30.6 Å². The Labute approximate surface area is 277 Å². The van der Waals surface area contributed by atoms with E-state index in [1.807, 2.05) is 26.8 Å². The van der Waals surface area contributed by atoms with Gasteiger partial charge in [-0.25, -0.2) is 17.5 Å². The van der Waals surface area contributed by atoms with E-state index in [1.54, 1.807) is 24.6 Å². The normalized spacial score (nSPS) is 19.7. The smallest absolute Gasteiger partial charge is 0.408 e. The Morgan fingerprint density at radius 2 is 1.74 bits per heavy atom. The predicted octanol–water partition coefficient (Wildman–Crippen LogP) is 7.47. The molecule has 3 aromatic rings. The van der Waals surface area contributed by atoms with Crippen LogP contribution >= 0.6 is 11.3 Å². The first-order valence-electron chi connectivity index (χ1n) is 16.0. The Bertz CT molecular complexity index is 1670. The molecule has 0 saturated heterocycles. The number of nitrogens with one attached hydrogen (secondary N) is 2. The molecule has 2 aliphatic rings. The molecule has 5 rings (SSSR count). The number of sulfonamides is 1. The number of hydrogen-bond donors (Lipinski definition) is 2. The maximum Gasteiger partial charge on any atom is 0.408 e. The summed E-state index contributed by atoms with van der Waals surface area (Å²) in [6, 6.07) is 10.2. The molecule has 0 atom stereocenters. The lowest BCUT2D eigenvalue weighted by Crippen LogP contribution is -2.52. The van der Waals surface area contributed by atoms with Gasteiger partial charge in [-0.15, -0.1) is 0 Å². The number of aryl methyl sites for hydroxylation is 1. The largest absolute Gasteiger partial charge is 0.444 e. The highest BCUT2D eigenvalue weighted by Crippen LogP contribution is 2.43. The van der Waals surface area contributed by atoms with Gasteiger partial charge in [0.25, 0.3) is 0 Å². The van der Waals surface area contributed by atoms with Gasteiger partial charge < -0.3 is 15.4 Å². The maximum atomic E-state index is 13.1. The van der Waals surface area contributed by atoms with Crippen LogP contribution in [0.2, 0.25) is 0 Å². The zero-order valence-corrected chi connectivity index (χ0v) is 29.3. The number of thiophene rings is 1. The van der Waals surface area contributed by atoms with E-state index in [9.17, 15) is 18.0 Å². The molecule has 0 spiro atoms. The molecule has 46 heavy (non-hydrogen) atoms. The van der Waals surface area contributed by atoms with Crippen LogP contribution in [-0.2, 0) is 25.1 Å². The van der Waals surface area contributed by atoms with Gasteiger partial charge in [0.1, 0.15) is 5.60 Å². The number of nitrogens with zero attached hydrogens (tertiary/aromatic N) is 2. The lowest BCUT2D eigenvalue weighted by molar-refractivity contribution is -0.117. The molecule has 11 heteroatoms. The van der Waals surface area contributed by atoms with Crippen molar-refractivity contribution < 1.29 is 22.7 Å². The van der Waals surface area contributed by atoms with Gasteiger partial charge in [0.2, 0.25) is 15.9 Å². The van der Waals surface area contributed by atoms with Crippen molar-refractivity contribution in [3.8, 4) is 22.4 Å². The number of benzene rings is 1. The number of ether oxygens (including phenoxy) is 1. The number of amides is 2. The number of hydrogen-bond acceptors (Lipinski definition) is 7. The minimum atomic E-state index is -3.22. The first-order valence-corrected chi connectivity index (χ1v) is 18.8. The molecule has 2 fully saturated rings. The summed E-state index contributed by atoms with van der Waals surface area (Å²) in [5, 5.41) is 10.4. The highest BCUT2D eigenvalue weighted by Gasteiger charge is 2.41. The van der Waals surface area contributed by atoms with Crippen LogP contribution in [0.25, 0.3) is 22.4 Å². The van der Waals surface area contributed by atoms with E-state index in [4.69, 9.17) is 9.72 Å². The topological polar surface area (TPSA) is 118 Å². The number of carbonyl (C=O) groups is 2.